The fourth-order valence-electron chi connectivity index (χ4n) is 1.76. The minimum absolute atomic E-state index is 0.0451. The number of tetrazole rings is 1. The molecule has 0 fully saturated rings. The van der Waals surface area contributed by atoms with Crippen LogP contribution in [0.1, 0.15) is 36.7 Å². The highest BCUT2D eigenvalue weighted by Gasteiger charge is 2.15. The lowest BCUT2D eigenvalue weighted by atomic mass is 9.87. The molecule has 1 heterocycles. The van der Waals surface area contributed by atoms with Gasteiger partial charge in [0.15, 0.2) is 5.11 Å². The molecule has 0 unspecified atom stereocenters. The lowest BCUT2D eigenvalue weighted by molar-refractivity contribution is 0.0977. The Morgan fingerprint density at radius 1 is 1.23 bits per heavy atom. The minimum Gasteiger partial charge on any atom is -0.299 e. The molecule has 0 spiro atoms. The fraction of sp³-hybridized carbons (Fsp3) is 0.357. The van der Waals surface area contributed by atoms with Crippen LogP contribution in [0, 0.1) is 0 Å². The van der Waals surface area contributed by atoms with E-state index in [1.807, 2.05) is 12.1 Å². The van der Waals surface area contributed by atoms with Crippen LogP contribution < -0.4 is 10.6 Å². The summed E-state index contributed by atoms with van der Waals surface area (Å²) in [6.07, 6.45) is 0. The molecule has 2 rings (SSSR count). The molecule has 2 aromatic rings. The number of anilines is 1. The van der Waals surface area contributed by atoms with E-state index in [0.717, 1.165) is 5.56 Å². The Balaban J connectivity index is 1.98. The number of aromatic nitrogens is 4. The number of amides is 1. The molecule has 116 valence electrons. The van der Waals surface area contributed by atoms with E-state index in [2.05, 4.69) is 46.8 Å². The average Bonchev–Trinajstić information content (AvgIpc) is 2.83. The zero-order valence-electron chi connectivity index (χ0n) is 12.9. The molecule has 2 N–H and O–H groups in total. The molecule has 7 nitrogen and oxygen atoms in total. The zero-order chi connectivity index (χ0) is 16.3. The molecule has 1 amide bonds. The topological polar surface area (TPSA) is 84.7 Å². The first-order chi connectivity index (χ1) is 10.3. The van der Waals surface area contributed by atoms with Gasteiger partial charge in [-0.2, -0.15) is 4.80 Å². The van der Waals surface area contributed by atoms with Crippen LogP contribution in [0.2, 0.25) is 0 Å². The normalized spacial score (nSPS) is 11.1. The van der Waals surface area contributed by atoms with Crippen molar-refractivity contribution >= 4 is 29.2 Å². The third kappa shape index (κ3) is 4.08. The Morgan fingerprint density at radius 2 is 1.86 bits per heavy atom. The maximum absolute atomic E-state index is 12.1. The quantitative estimate of drug-likeness (QED) is 0.819. The largest absolute Gasteiger partial charge is 0.299 e. The van der Waals surface area contributed by atoms with Gasteiger partial charge >= 0.3 is 0 Å². The molecule has 0 aliphatic rings. The summed E-state index contributed by atoms with van der Waals surface area (Å²) in [6, 6.07) is 7.43. The zero-order valence-corrected chi connectivity index (χ0v) is 13.7. The van der Waals surface area contributed by atoms with Crippen molar-refractivity contribution < 1.29 is 4.79 Å². The van der Waals surface area contributed by atoms with Crippen LogP contribution in [-0.2, 0) is 12.5 Å². The van der Waals surface area contributed by atoms with E-state index in [9.17, 15) is 4.79 Å². The van der Waals surface area contributed by atoms with Gasteiger partial charge in [0, 0.05) is 5.56 Å². The van der Waals surface area contributed by atoms with Crippen molar-refractivity contribution in [3.63, 3.8) is 0 Å². The highest BCUT2D eigenvalue weighted by Crippen LogP contribution is 2.22. The van der Waals surface area contributed by atoms with Gasteiger partial charge in [0.1, 0.15) is 0 Å². The van der Waals surface area contributed by atoms with Gasteiger partial charge in [-0.05, 0) is 40.5 Å². The van der Waals surface area contributed by atoms with Crippen molar-refractivity contribution in [3.8, 4) is 0 Å². The summed E-state index contributed by atoms with van der Waals surface area (Å²) in [5.41, 5.74) is 1.74. The van der Waals surface area contributed by atoms with E-state index in [1.165, 1.54) is 4.80 Å². The summed E-state index contributed by atoms with van der Waals surface area (Å²) in [7, 11) is 1.64. The van der Waals surface area contributed by atoms with Crippen LogP contribution in [0.3, 0.4) is 0 Å². The Bertz CT molecular complexity index is 686. The SMILES string of the molecule is Cn1nnc(NC(=S)NC(=O)c2ccc(C(C)(C)C)cc2)n1. The molecule has 1 aromatic heterocycles. The van der Waals surface area contributed by atoms with Gasteiger partial charge in [0.2, 0.25) is 0 Å². The van der Waals surface area contributed by atoms with E-state index < -0.39 is 0 Å². The molecule has 0 aliphatic carbocycles. The molecule has 22 heavy (non-hydrogen) atoms. The minimum atomic E-state index is -0.290. The van der Waals surface area contributed by atoms with Crippen LogP contribution >= 0.6 is 12.2 Å². The predicted molar refractivity (Wildman–Crippen MR) is 87.6 cm³/mol. The second kappa shape index (κ2) is 6.18. The van der Waals surface area contributed by atoms with Gasteiger partial charge in [-0.1, -0.05) is 38.0 Å². The maximum atomic E-state index is 12.1. The maximum Gasteiger partial charge on any atom is 0.269 e. The Kier molecular flexibility index (Phi) is 4.51. The molecule has 0 atom stereocenters. The summed E-state index contributed by atoms with van der Waals surface area (Å²) in [4.78, 5) is 13.4. The lowest BCUT2D eigenvalue weighted by Crippen LogP contribution is -2.34. The first kappa shape index (κ1) is 16.0. The summed E-state index contributed by atoms with van der Waals surface area (Å²) in [5.74, 6) is -0.0577. The Morgan fingerprint density at radius 3 is 2.36 bits per heavy atom. The Hall–Kier alpha value is -2.35. The van der Waals surface area contributed by atoms with E-state index in [-0.39, 0.29) is 22.4 Å². The van der Waals surface area contributed by atoms with Gasteiger partial charge in [-0.25, -0.2) is 0 Å². The fourth-order valence-corrected chi connectivity index (χ4v) is 1.95. The monoisotopic (exact) mass is 318 g/mol. The summed E-state index contributed by atoms with van der Waals surface area (Å²) < 4.78 is 0. The van der Waals surface area contributed by atoms with Gasteiger partial charge in [-0.3, -0.25) is 15.4 Å². The van der Waals surface area contributed by atoms with Crippen LogP contribution in [-0.4, -0.2) is 31.2 Å². The number of carbonyl (C=O) groups excluding carboxylic acids is 1. The Labute approximate surface area is 134 Å². The standard InChI is InChI=1S/C14H18N6OS/c1-14(2,3)10-7-5-9(6-8-10)11(21)15-13(22)16-12-17-19-20(4)18-12/h5-8H,1-4H3,(H2,15,16,18,21,22). The third-order valence-corrected chi connectivity index (χ3v) is 3.18. The number of hydrogen-bond donors (Lipinski definition) is 2. The highest BCUT2D eigenvalue weighted by atomic mass is 32.1. The van der Waals surface area contributed by atoms with Crippen molar-refractivity contribution in [2.24, 2.45) is 7.05 Å². The number of benzene rings is 1. The molecule has 0 bridgehead atoms. The predicted octanol–water partition coefficient (Wildman–Crippen LogP) is 1.63. The second-order valence-corrected chi connectivity index (χ2v) is 6.25. The van der Waals surface area contributed by atoms with Gasteiger partial charge in [-0.15, -0.1) is 5.10 Å². The van der Waals surface area contributed by atoms with Crippen LogP contribution in [0.5, 0.6) is 0 Å². The lowest BCUT2D eigenvalue weighted by Gasteiger charge is -2.19. The van der Waals surface area contributed by atoms with Gasteiger partial charge in [0.05, 0.1) is 7.05 Å². The molecule has 0 saturated carbocycles. The molecular weight excluding hydrogens is 300 g/mol. The van der Waals surface area contributed by atoms with Crippen LogP contribution in [0.25, 0.3) is 0 Å². The second-order valence-electron chi connectivity index (χ2n) is 5.84. The number of nitrogens with zero attached hydrogens (tertiary/aromatic N) is 4. The number of carbonyl (C=O) groups is 1. The summed E-state index contributed by atoms with van der Waals surface area (Å²) in [6.45, 7) is 6.36. The first-order valence-corrected chi connectivity index (χ1v) is 7.13. The molecular formula is C14H18N6OS. The van der Waals surface area contributed by atoms with E-state index in [4.69, 9.17) is 12.2 Å². The summed E-state index contributed by atoms with van der Waals surface area (Å²) in [5, 5.41) is 16.7. The number of hydrogen-bond acceptors (Lipinski definition) is 5. The molecule has 0 aliphatic heterocycles. The van der Waals surface area contributed by atoms with Crippen molar-refractivity contribution in [1.29, 1.82) is 0 Å². The van der Waals surface area contributed by atoms with E-state index in [1.54, 1.807) is 19.2 Å². The molecule has 0 radical (unpaired) electrons. The van der Waals surface area contributed by atoms with E-state index in [0.29, 0.717) is 5.56 Å². The number of aryl methyl sites for hydroxylation is 1. The van der Waals surface area contributed by atoms with Crippen LogP contribution in [0.15, 0.2) is 24.3 Å². The van der Waals surface area contributed by atoms with Crippen molar-refractivity contribution in [1.82, 2.24) is 25.5 Å². The smallest absolute Gasteiger partial charge is 0.269 e. The van der Waals surface area contributed by atoms with Crippen molar-refractivity contribution in [2.45, 2.75) is 26.2 Å². The number of thiocarbonyl (C=S) groups is 1. The number of nitrogens with one attached hydrogen (secondary N) is 2. The summed E-state index contributed by atoms with van der Waals surface area (Å²) >= 11 is 5.05. The van der Waals surface area contributed by atoms with Crippen LogP contribution in [0.4, 0.5) is 5.95 Å². The van der Waals surface area contributed by atoms with Crippen molar-refractivity contribution in [2.75, 3.05) is 5.32 Å². The third-order valence-electron chi connectivity index (χ3n) is 2.97. The highest BCUT2D eigenvalue weighted by molar-refractivity contribution is 7.80. The van der Waals surface area contributed by atoms with E-state index >= 15 is 0 Å². The average molecular weight is 318 g/mol. The molecule has 0 saturated heterocycles. The first-order valence-electron chi connectivity index (χ1n) is 6.72. The molecule has 1 aromatic carbocycles. The van der Waals surface area contributed by atoms with Crippen molar-refractivity contribution in [3.05, 3.63) is 35.4 Å². The molecule has 8 heteroatoms. The van der Waals surface area contributed by atoms with Gasteiger partial charge in [0.25, 0.3) is 11.9 Å². The number of rotatable bonds is 2. The van der Waals surface area contributed by atoms with Gasteiger partial charge < -0.3 is 0 Å².